The van der Waals surface area contributed by atoms with E-state index in [0.29, 0.717) is 27.7 Å². The molecule has 3 rings (SSSR count). The van der Waals surface area contributed by atoms with E-state index in [1.807, 2.05) is 30.3 Å². The molecule has 0 unspecified atom stereocenters. The lowest BCUT2D eigenvalue weighted by atomic mass is 10.0. The molecule has 162 valence electrons. The summed E-state index contributed by atoms with van der Waals surface area (Å²) < 4.78 is 16.2. The highest BCUT2D eigenvalue weighted by molar-refractivity contribution is 8.26. The van der Waals surface area contributed by atoms with E-state index < -0.39 is 17.9 Å². The Morgan fingerprint density at radius 1 is 1.13 bits per heavy atom. The molecule has 0 spiro atoms. The first-order valence-electron chi connectivity index (χ1n) is 9.23. The zero-order valence-corrected chi connectivity index (χ0v) is 18.8. The summed E-state index contributed by atoms with van der Waals surface area (Å²) in [5.41, 5.74) is 1.43. The standard InChI is InChI=1S/C22H21NO6S2/c1-27-16-10-14(11-17(28-2)19(16)29-3)12-18-20(24)23(22(30)31-18)15(21(25)26)9-13-7-5-4-6-8-13/h4-8,10-12,15H,9H2,1-3H3,(H,25,26)/b18-12-/t15-/m1/s1. The monoisotopic (exact) mass is 459 g/mol. The van der Waals surface area contributed by atoms with Gasteiger partial charge in [0.15, 0.2) is 11.5 Å². The van der Waals surface area contributed by atoms with E-state index in [1.165, 1.54) is 26.2 Å². The summed E-state index contributed by atoms with van der Waals surface area (Å²) in [6.07, 6.45) is 1.78. The molecule has 0 radical (unpaired) electrons. The molecule has 1 fully saturated rings. The minimum atomic E-state index is -1.12. The summed E-state index contributed by atoms with van der Waals surface area (Å²) in [6.45, 7) is 0. The lowest BCUT2D eigenvalue weighted by Gasteiger charge is -2.23. The predicted octanol–water partition coefficient (Wildman–Crippen LogP) is 3.61. The molecule has 1 atom stereocenters. The van der Waals surface area contributed by atoms with Gasteiger partial charge in [0.2, 0.25) is 5.75 Å². The van der Waals surface area contributed by atoms with Gasteiger partial charge in [0.05, 0.1) is 26.2 Å². The Hall–Kier alpha value is -3.04. The third-order valence-electron chi connectivity index (χ3n) is 4.68. The number of carboxylic acids is 1. The number of thioether (sulfide) groups is 1. The van der Waals surface area contributed by atoms with Gasteiger partial charge >= 0.3 is 5.97 Å². The molecular formula is C22H21NO6S2. The maximum Gasteiger partial charge on any atom is 0.327 e. The molecule has 0 bridgehead atoms. The van der Waals surface area contributed by atoms with Gasteiger partial charge in [-0.2, -0.15) is 0 Å². The molecule has 1 heterocycles. The average Bonchev–Trinajstić information content (AvgIpc) is 3.04. The number of methoxy groups -OCH3 is 3. The molecule has 1 aliphatic rings. The zero-order chi connectivity index (χ0) is 22.5. The quantitative estimate of drug-likeness (QED) is 0.473. The molecule has 1 N–H and O–H groups in total. The maximum atomic E-state index is 13.1. The Labute approximate surface area is 189 Å². The fourth-order valence-electron chi connectivity index (χ4n) is 3.21. The normalized spacial score (nSPS) is 15.8. The number of hydrogen-bond acceptors (Lipinski definition) is 7. The Morgan fingerprint density at radius 2 is 1.74 bits per heavy atom. The van der Waals surface area contributed by atoms with Crippen molar-refractivity contribution in [1.29, 1.82) is 0 Å². The van der Waals surface area contributed by atoms with E-state index in [0.717, 1.165) is 17.3 Å². The van der Waals surface area contributed by atoms with Crippen LogP contribution in [0.5, 0.6) is 17.2 Å². The van der Waals surface area contributed by atoms with E-state index >= 15 is 0 Å². The second-order valence-corrected chi connectivity index (χ2v) is 8.23. The first kappa shape index (κ1) is 22.6. The largest absolute Gasteiger partial charge is 0.493 e. The van der Waals surface area contributed by atoms with Crippen LogP contribution in [0.3, 0.4) is 0 Å². The van der Waals surface area contributed by atoms with Crippen LogP contribution in [0.15, 0.2) is 47.4 Å². The van der Waals surface area contributed by atoms with Crippen LogP contribution in [0.25, 0.3) is 6.08 Å². The fraction of sp³-hybridized carbons (Fsp3) is 0.227. The Bertz CT molecular complexity index is 1010. The number of amides is 1. The predicted molar refractivity (Wildman–Crippen MR) is 123 cm³/mol. The van der Waals surface area contributed by atoms with Crippen molar-refractivity contribution >= 4 is 46.3 Å². The zero-order valence-electron chi connectivity index (χ0n) is 17.2. The average molecular weight is 460 g/mol. The SMILES string of the molecule is COc1cc(/C=C2\SC(=S)N([C@H](Cc3ccccc3)C(=O)O)C2=O)cc(OC)c1OC. The smallest absolute Gasteiger partial charge is 0.327 e. The number of carboxylic acid groups (broad SMARTS) is 1. The Balaban J connectivity index is 1.93. The highest BCUT2D eigenvalue weighted by atomic mass is 32.2. The van der Waals surface area contributed by atoms with Crippen molar-refractivity contribution in [3.8, 4) is 17.2 Å². The maximum absolute atomic E-state index is 13.1. The number of carbonyl (C=O) groups excluding carboxylic acids is 1. The topological polar surface area (TPSA) is 85.3 Å². The Kier molecular flexibility index (Phi) is 7.19. The van der Waals surface area contributed by atoms with Gasteiger partial charge in [-0.15, -0.1) is 0 Å². The van der Waals surface area contributed by atoms with Gasteiger partial charge in [0.1, 0.15) is 10.4 Å². The second-order valence-electron chi connectivity index (χ2n) is 6.55. The first-order chi connectivity index (χ1) is 14.9. The summed E-state index contributed by atoms with van der Waals surface area (Å²) in [5.74, 6) is -0.253. The van der Waals surface area contributed by atoms with Crippen LogP contribution in [0.2, 0.25) is 0 Å². The summed E-state index contributed by atoms with van der Waals surface area (Å²) in [5, 5.41) is 9.77. The van der Waals surface area contributed by atoms with Crippen molar-refractivity contribution < 1.29 is 28.9 Å². The fourth-order valence-corrected chi connectivity index (χ4v) is 4.57. The van der Waals surface area contributed by atoms with E-state index in [4.69, 9.17) is 26.4 Å². The number of rotatable bonds is 8. The van der Waals surface area contributed by atoms with Crippen LogP contribution in [-0.4, -0.2) is 53.6 Å². The molecule has 9 heteroatoms. The summed E-state index contributed by atoms with van der Waals surface area (Å²) in [7, 11) is 4.51. The van der Waals surface area contributed by atoms with Crippen molar-refractivity contribution in [3.05, 3.63) is 58.5 Å². The molecule has 0 saturated carbocycles. The molecule has 1 amide bonds. The molecule has 0 aromatic heterocycles. The van der Waals surface area contributed by atoms with Crippen molar-refractivity contribution in [1.82, 2.24) is 4.90 Å². The van der Waals surface area contributed by atoms with Gasteiger partial charge in [-0.25, -0.2) is 4.79 Å². The molecule has 2 aromatic rings. The van der Waals surface area contributed by atoms with Crippen LogP contribution in [0, 0.1) is 0 Å². The van der Waals surface area contributed by atoms with Gasteiger partial charge in [-0.3, -0.25) is 9.69 Å². The van der Waals surface area contributed by atoms with Crippen LogP contribution < -0.4 is 14.2 Å². The van der Waals surface area contributed by atoms with E-state index in [-0.39, 0.29) is 10.7 Å². The van der Waals surface area contributed by atoms with Crippen LogP contribution in [0.1, 0.15) is 11.1 Å². The summed E-state index contributed by atoms with van der Waals surface area (Å²) in [4.78, 5) is 26.5. The number of carbonyl (C=O) groups is 2. The third-order valence-corrected chi connectivity index (χ3v) is 6.01. The molecule has 0 aliphatic carbocycles. The van der Waals surface area contributed by atoms with Gasteiger partial charge in [-0.1, -0.05) is 54.3 Å². The van der Waals surface area contributed by atoms with Crippen molar-refractivity contribution in [2.45, 2.75) is 12.5 Å². The first-order valence-corrected chi connectivity index (χ1v) is 10.5. The van der Waals surface area contributed by atoms with Crippen LogP contribution in [-0.2, 0) is 16.0 Å². The number of aliphatic carboxylic acids is 1. The van der Waals surface area contributed by atoms with Crippen molar-refractivity contribution in [3.63, 3.8) is 0 Å². The number of benzene rings is 2. The van der Waals surface area contributed by atoms with Crippen molar-refractivity contribution in [2.75, 3.05) is 21.3 Å². The molecule has 7 nitrogen and oxygen atoms in total. The van der Waals surface area contributed by atoms with Crippen molar-refractivity contribution in [2.24, 2.45) is 0 Å². The molecule has 2 aromatic carbocycles. The lowest BCUT2D eigenvalue weighted by Crippen LogP contribution is -2.45. The van der Waals surface area contributed by atoms with Gasteiger partial charge < -0.3 is 19.3 Å². The van der Waals surface area contributed by atoms with Gasteiger partial charge in [-0.05, 0) is 29.3 Å². The molecule has 1 saturated heterocycles. The van der Waals surface area contributed by atoms with E-state index in [9.17, 15) is 14.7 Å². The number of hydrogen-bond donors (Lipinski definition) is 1. The van der Waals surface area contributed by atoms with E-state index in [1.54, 1.807) is 18.2 Å². The molecule has 1 aliphatic heterocycles. The van der Waals surface area contributed by atoms with Gasteiger partial charge in [0, 0.05) is 6.42 Å². The minimum Gasteiger partial charge on any atom is -0.493 e. The Morgan fingerprint density at radius 3 is 2.26 bits per heavy atom. The molecular weight excluding hydrogens is 438 g/mol. The van der Waals surface area contributed by atoms with Gasteiger partial charge in [0.25, 0.3) is 5.91 Å². The minimum absolute atomic E-state index is 0.153. The summed E-state index contributed by atoms with van der Waals surface area (Å²) >= 11 is 6.42. The van der Waals surface area contributed by atoms with E-state index in [2.05, 4.69) is 0 Å². The lowest BCUT2D eigenvalue weighted by molar-refractivity contribution is -0.145. The molecule has 31 heavy (non-hydrogen) atoms. The highest BCUT2D eigenvalue weighted by Gasteiger charge is 2.40. The van der Waals surface area contributed by atoms with Crippen LogP contribution >= 0.6 is 24.0 Å². The second kappa shape index (κ2) is 9.84. The summed E-state index contributed by atoms with van der Waals surface area (Å²) in [6, 6.07) is 11.4. The number of thiocarbonyl (C=S) groups is 1. The van der Waals surface area contributed by atoms with Crippen LogP contribution in [0.4, 0.5) is 0 Å². The highest BCUT2D eigenvalue weighted by Crippen LogP contribution is 2.40. The number of nitrogens with zero attached hydrogens (tertiary/aromatic N) is 1. The number of ether oxygens (including phenoxy) is 3. The third kappa shape index (κ3) is 4.83.